The maximum Gasteiger partial charge on any atom is 0.309 e. The fourth-order valence-electron chi connectivity index (χ4n) is 3.44. The Balaban J connectivity index is 1.69. The van der Waals surface area contributed by atoms with Gasteiger partial charge in [0.2, 0.25) is 5.91 Å². The third-order valence-corrected chi connectivity index (χ3v) is 5.40. The van der Waals surface area contributed by atoms with E-state index in [2.05, 4.69) is 32.5 Å². The van der Waals surface area contributed by atoms with E-state index >= 15 is 0 Å². The van der Waals surface area contributed by atoms with Gasteiger partial charge in [-0.1, -0.05) is 6.58 Å². The lowest BCUT2D eigenvalue weighted by Crippen LogP contribution is -2.58. The minimum atomic E-state index is -3.59. The monoisotopic (exact) mass is 430 g/mol. The number of alkyl halides is 2. The van der Waals surface area contributed by atoms with Crippen molar-refractivity contribution in [3.63, 3.8) is 0 Å². The average molecular weight is 430 g/mol. The summed E-state index contributed by atoms with van der Waals surface area (Å²) in [5, 5.41) is 7.62. The summed E-state index contributed by atoms with van der Waals surface area (Å²) in [6.07, 6.45) is 2.85. The lowest BCUT2D eigenvalue weighted by molar-refractivity contribution is -0.117. The number of hydrogen-bond donors (Lipinski definition) is 3. The highest BCUT2D eigenvalue weighted by molar-refractivity contribution is 5.96. The molecule has 2 aromatic rings. The van der Waals surface area contributed by atoms with Crippen LogP contribution < -0.4 is 21.5 Å². The zero-order valence-corrected chi connectivity index (χ0v) is 16.8. The Hall–Kier alpha value is -3.63. The lowest BCUT2D eigenvalue weighted by Gasteiger charge is -2.35. The van der Waals surface area contributed by atoms with E-state index in [4.69, 9.17) is 0 Å². The van der Waals surface area contributed by atoms with Gasteiger partial charge in [0.05, 0.1) is 0 Å². The van der Waals surface area contributed by atoms with Crippen LogP contribution in [0.1, 0.15) is 37.2 Å². The number of hydrogen-bond acceptors (Lipinski definition) is 6. The predicted molar refractivity (Wildman–Crippen MR) is 108 cm³/mol. The summed E-state index contributed by atoms with van der Waals surface area (Å²) >= 11 is 0. The Morgan fingerprint density at radius 3 is 2.61 bits per heavy atom. The molecule has 1 aliphatic heterocycles. The van der Waals surface area contributed by atoms with Gasteiger partial charge in [0.1, 0.15) is 29.3 Å². The topological polar surface area (TPSA) is 118 Å². The van der Waals surface area contributed by atoms with Crippen LogP contribution in [0.2, 0.25) is 0 Å². The first-order valence-electron chi connectivity index (χ1n) is 9.57. The molecular formula is C20H20F2N6O3. The molecule has 3 N–H and O–H groups in total. The minimum absolute atomic E-state index is 0.0228. The van der Waals surface area contributed by atoms with E-state index in [1.807, 2.05) is 0 Å². The van der Waals surface area contributed by atoms with Crippen LogP contribution in [0.5, 0.6) is 0 Å². The van der Waals surface area contributed by atoms with Gasteiger partial charge in [-0.2, -0.15) is 8.78 Å². The maximum absolute atomic E-state index is 14.9. The molecule has 31 heavy (non-hydrogen) atoms. The van der Waals surface area contributed by atoms with Crippen molar-refractivity contribution in [3.05, 3.63) is 52.7 Å². The fourth-order valence-corrected chi connectivity index (χ4v) is 3.44. The largest absolute Gasteiger partial charge is 0.336 e. The van der Waals surface area contributed by atoms with E-state index in [0.29, 0.717) is 0 Å². The van der Waals surface area contributed by atoms with Crippen molar-refractivity contribution in [2.75, 3.05) is 10.6 Å². The first-order chi connectivity index (χ1) is 14.5. The number of fused-ring (bicyclic) bond motifs is 1. The number of aromatic nitrogens is 3. The zero-order valence-electron chi connectivity index (χ0n) is 16.8. The summed E-state index contributed by atoms with van der Waals surface area (Å²) < 4.78 is 30.6. The van der Waals surface area contributed by atoms with E-state index in [-0.39, 0.29) is 34.8 Å². The van der Waals surface area contributed by atoms with Crippen LogP contribution in [0.25, 0.3) is 0 Å². The number of nitrogens with one attached hydrogen (secondary N) is 3. The summed E-state index contributed by atoms with van der Waals surface area (Å²) in [5.41, 5.74) is -3.95. The van der Waals surface area contributed by atoms with Crippen molar-refractivity contribution in [1.29, 1.82) is 0 Å². The van der Waals surface area contributed by atoms with Crippen molar-refractivity contribution in [1.82, 2.24) is 19.9 Å². The number of carbonyl (C=O) groups is 2. The predicted octanol–water partition coefficient (Wildman–Crippen LogP) is 2.36. The Kier molecular flexibility index (Phi) is 4.64. The van der Waals surface area contributed by atoms with Crippen LogP contribution in [0.15, 0.2) is 41.5 Å². The van der Waals surface area contributed by atoms with Crippen molar-refractivity contribution < 1.29 is 18.4 Å². The van der Waals surface area contributed by atoms with Gasteiger partial charge >= 0.3 is 5.92 Å². The number of amides is 2. The summed E-state index contributed by atoms with van der Waals surface area (Å²) in [6, 6.07) is 4.00. The van der Waals surface area contributed by atoms with Crippen LogP contribution >= 0.6 is 0 Å². The molecule has 11 heteroatoms. The molecule has 3 heterocycles. The summed E-state index contributed by atoms with van der Waals surface area (Å²) in [6.45, 7) is 5.49. The second-order valence-electron chi connectivity index (χ2n) is 7.83. The first-order valence-corrected chi connectivity index (χ1v) is 9.57. The highest BCUT2D eigenvalue weighted by Gasteiger charge is 2.58. The van der Waals surface area contributed by atoms with Gasteiger partial charge in [0, 0.05) is 12.0 Å². The molecule has 0 radical (unpaired) electrons. The molecule has 9 nitrogen and oxygen atoms in total. The van der Waals surface area contributed by atoms with Crippen LogP contribution in [-0.2, 0) is 10.5 Å². The van der Waals surface area contributed by atoms with Gasteiger partial charge in [-0.15, -0.1) is 0 Å². The van der Waals surface area contributed by atoms with Gasteiger partial charge < -0.3 is 16.0 Å². The normalized spacial score (nSPS) is 20.1. The van der Waals surface area contributed by atoms with Gasteiger partial charge in [-0.25, -0.2) is 9.97 Å². The Morgan fingerprint density at radius 2 is 1.97 bits per heavy atom. The Bertz CT molecular complexity index is 1170. The number of carbonyl (C=O) groups excluding carboxylic acids is 2. The quantitative estimate of drug-likeness (QED) is 0.606. The van der Waals surface area contributed by atoms with Crippen molar-refractivity contribution in [3.8, 4) is 0 Å². The molecule has 1 fully saturated rings. The van der Waals surface area contributed by atoms with Crippen molar-refractivity contribution in [2.45, 2.75) is 38.3 Å². The number of pyridine rings is 1. The lowest BCUT2D eigenvalue weighted by atomic mass is 9.98. The molecule has 4 rings (SSSR count). The van der Waals surface area contributed by atoms with Crippen molar-refractivity contribution >= 4 is 29.1 Å². The molecule has 2 amide bonds. The Morgan fingerprint density at radius 1 is 1.29 bits per heavy atom. The highest BCUT2D eigenvalue weighted by atomic mass is 19.3. The standard InChI is InChI=1S/C20H20F2N6O3/c1-10(2)20(21,22)19(3)27-17(30)13-7-6-12(18(31)28(13)19)25-14-8-15(24-9-23-14)26-16(29)11-4-5-11/h6-9,11H,1,4-5H2,2-3H3,(H,27,30)(H2,23,24,25,26,29). The number of rotatable bonds is 6. The smallest absolute Gasteiger partial charge is 0.309 e. The molecule has 1 unspecified atom stereocenters. The molecule has 1 saturated carbocycles. The first kappa shape index (κ1) is 20.6. The molecule has 1 atom stereocenters. The molecular weight excluding hydrogens is 410 g/mol. The number of halogens is 2. The highest BCUT2D eigenvalue weighted by Crippen LogP contribution is 2.41. The SMILES string of the molecule is C=C(C)C(F)(F)C1(C)NC(=O)c2ccc(Nc3cc(NC(=O)C4CC4)ncn3)c(=O)n21. The number of anilines is 3. The minimum Gasteiger partial charge on any atom is -0.336 e. The molecule has 1 aliphatic carbocycles. The van der Waals surface area contributed by atoms with E-state index in [1.165, 1.54) is 24.5 Å². The number of nitrogens with zero attached hydrogens (tertiary/aromatic N) is 3. The molecule has 0 bridgehead atoms. The molecule has 0 saturated heterocycles. The fraction of sp³-hybridized carbons (Fsp3) is 0.350. The summed E-state index contributed by atoms with van der Waals surface area (Å²) in [5.74, 6) is -4.14. The Labute approximate surface area is 175 Å². The average Bonchev–Trinajstić information content (AvgIpc) is 3.50. The van der Waals surface area contributed by atoms with E-state index in [1.54, 1.807) is 0 Å². The summed E-state index contributed by atoms with van der Waals surface area (Å²) in [4.78, 5) is 45.2. The molecule has 0 aromatic carbocycles. The second kappa shape index (κ2) is 6.96. The third kappa shape index (κ3) is 3.35. The molecule has 162 valence electrons. The van der Waals surface area contributed by atoms with E-state index in [0.717, 1.165) is 31.3 Å². The second-order valence-corrected chi connectivity index (χ2v) is 7.83. The van der Waals surface area contributed by atoms with Gasteiger partial charge in [0.15, 0.2) is 5.66 Å². The van der Waals surface area contributed by atoms with Gasteiger partial charge in [-0.05, 0) is 44.4 Å². The van der Waals surface area contributed by atoms with Crippen LogP contribution in [-0.4, -0.2) is 32.3 Å². The van der Waals surface area contributed by atoms with E-state index in [9.17, 15) is 23.2 Å². The molecule has 0 spiro atoms. The summed E-state index contributed by atoms with van der Waals surface area (Å²) in [7, 11) is 0. The van der Waals surface area contributed by atoms with E-state index < -0.39 is 28.6 Å². The van der Waals surface area contributed by atoms with Crippen molar-refractivity contribution in [2.24, 2.45) is 5.92 Å². The third-order valence-electron chi connectivity index (χ3n) is 5.40. The van der Waals surface area contributed by atoms with Crippen LogP contribution in [0.3, 0.4) is 0 Å². The zero-order chi connectivity index (χ0) is 22.6. The van der Waals surface area contributed by atoms with Crippen LogP contribution in [0.4, 0.5) is 26.1 Å². The maximum atomic E-state index is 14.9. The van der Waals surface area contributed by atoms with Gasteiger partial charge in [0.25, 0.3) is 11.5 Å². The molecule has 2 aliphatic rings. The van der Waals surface area contributed by atoms with Gasteiger partial charge in [-0.3, -0.25) is 19.0 Å². The molecule has 2 aromatic heterocycles. The van der Waals surface area contributed by atoms with Crippen LogP contribution in [0, 0.1) is 5.92 Å².